The second kappa shape index (κ2) is 8.11. The topological polar surface area (TPSA) is 40.2 Å². The molecule has 2 aromatic rings. The van der Waals surface area contributed by atoms with Crippen LogP contribution in [0, 0.1) is 0 Å². The molecule has 0 amide bonds. The molecule has 24 heavy (non-hydrogen) atoms. The average Bonchev–Trinajstić information content (AvgIpc) is 2.64. The molecular weight excluding hydrogens is 316 g/mol. The number of nitrogens with zero attached hydrogens (tertiary/aromatic N) is 2. The number of aromatic nitrogens is 1. The lowest BCUT2D eigenvalue weighted by Gasteiger charge is -2.27. The Morgan fingerprint density at radius 1 is 1.08 bits per heavy atom. The van der Waals surface area contributed by atoms with Gasteiger partial charge in [-0.05, 0) is 56.1 Å². The van der Waals surface area contributed by atoms with E-state index in [0.717, 1.165) is 24.6 Å². The molecule has 0 aliphatic carbocycles. The normalized spacial score (nSPS) is 15.6. The van der Waals surface area contributed by atoms with Crippen LogP contribution in [-0.2, 0) is 0 Å². The summed E-state index contributed by atoms with van der Waals surface area (Å²) in [6.07, 6.45) is 5.70. The van der Waals surface area contributed by atoms with Crippen LogP contribution in [0.5, 0.6) is 0 Å². The largest absolute Gasteiger partial charge is 0.357 e. The van der Waals surface area contributed by atoms with Gasteiger partial charge in [0, 0.05) is 13.1 Å². The predicted octanol–water partition coefficient (Wildman–Crippen LogP) is 4.12. The molecule has 0 unspecified atom stereocenters. The molecule has 1 atom stereocenters. The zero-order chi connectivity index (χ0) is 16.8. The summed E-state index contributed by atoms with van der Waals surface area (Å²) in [5.41, 5.74) is 2.12. The molecule has 0 saturated carbocycles. The minimum absolute atomic E-state index is 0.159. The lowest BCUT2D eigenvalue weighted by atomic mass is 10.1. The van der Waals surface area contributed by atoms with Crippen LogP contribution in [0.2, 0.25) is 0 Å². The molecule has 1 aromatic heterocycles. The van der Waals surface area contributed by atoms with E-state index in [1.165, 1.54) is 24.8 Å². The number of hydrogen-bond acceptors (Lipinski definition) is 3. The smallest absolute Gasteiger partial charge is 0.171 e. The second-order valence-corrected chi connectivity index (χ2v) is 6.59. The van der Waals surface area contributed by atoms with Gasteiger partial charge in [-0.1, -0.05) is 30.3 Å². The van der Waals surface area contributed by atoms with Gasteiger partial charge in [0.15, 0.2) is 5.11 Å². The SMILES string of the molecule is C[C@H](NC(=S)Nc1ccc(N2CCCCC2)nc1)c1ccccc1. The third-order valence-corrected chi connectivity index (χ3v) is 4.55. The molecule has 1 saturated heterocycles. The molecule has 5 heteroatoms. The van der Waals surface area contributed by atoms with Gasteiger partial charge in [-0.15, -0.1) is 0 Å². The Morgan fingerprint density at radius 3 is 2.50 bits per heavy atom. The Hall–Kier alpha value is -2.14. The van der Waals surface area contributed by atoms with Crippen LogP contribution in [-0.4, -0.2) is 23.2 Å². The zero-order valence-electron chi connectivity index (χ0n) is 14.0. The maximum Gasteiger partial charge on any atom is 0.171 e. The zero-order valence-corrected chi connectivity index (χ0v) is 14.9. The van der Waals surface area contributed by atoms with Crippen molar-refractivity contribution in [1.82, 2.24) is 10.3 Å². The molecular formula is C19H24N4S. The highest BCUT2D eigenvalue weighted by Crippen LogP contribution is 2.19. The molecule has 126 valence electrons. The molecule has 1 aromatic carbocycles. The number of anilines is 2. The van der Waals surface area contributed by atoms with Gasteiger partial charge in [-0.25, -0.2) is 4.98 Å². The van der Waals surface area contributed by atoms with Gasteiger partial charge < -0.3 is 15.5 Å². The number of rotatable bonds is 4. The first-order valence-electron chi connectivity index (χ1n) is 8.56. The highest BCUT2D eigenvalue weighted by atomic mass is 32.1. The number of hydrogen-bond donors (Lipinski definition) is 2. The Labute approximate surface area is 149 Å². The van der Waals surface area contributed by atoms with E-state index >= 15 is 0 Å². The van der Waals surface area contributed by atoms with Crippen LogP contribution in [0.4, 0.5) is 11.5 Å². The third-order valence-electron chi connectivity index (χ3n) is 4.33. The minimum atomic E-state index is 0.159. The van der Waals surface area contributed by atoms with Crippen LogP contribution in [0.3, 0.4) is 0 Å². The molecule has 1 aliphatic rings. The summed E-state index contributed by atoms with van der Waals surface area (Å²) in [5.74, 6) is 1.05. The van der Waals surface area contributed by atoms with E-state index in [-0.39, 0.29) is 6.04 Å². The molecule has 2 N–H and O–H groups in total. The second-order valence-electron chi connectivity index (χ2n) is 6.18. The van der Waals surface area contributed by atoms with Gasteiger partial charge in [0.25, 0.3) is 0 Å². The maximum atomic E-state index is 5.41. The van der Waals surface area contributed by atoms with Crippen LogP contribution < -0.4 is 15.5 Å². The van der Waals surface area contributed by atoms with E-state index in [4.69, 9.17) is 12.2 Å². The van der Waals surface area contributed by atoms with Gasteiger partial charge in [0.2, 0.25) is 0 Å². The van der Waals surface area contributed by atoms with Gasteiger partial charge in [-0.3, -0.25) is 0 Å². The van der Waals surface area contributed by atoms with Crippen LogP contribution in [0.1, 0.15) is 37.8 Å². The number of pyridine rings is 1. The first-order valence-corrected chi connectivity index (χ1v) is 8.96. The number of piperidine rings is 1. The van der Waals surface area contributed by atoms with Gasteiger partial charge in [0.05, 0.1) is 17.9 Å². The van der Waals surface area contributed by atoms with E-state index < -0.39 is 0 Å². The number of thiocarbonyl (C=S) groups is 1. The fraction of sp³-hybridized carbons (Fsp3) is 0.368. The summed E-state index contributed by atoms with van der Waals surface area (Å²) >= 11 is 5.41. The summed E-state index contributed by atoms with van der Waals surface area (Å²) in [5, 5.41) is 7.13. The van der Waals surface area contributed by atoms with Crippen molar-refractivity contribution in [3.63, 3.8) is 0 Å². The van der Waals surface area contributed by atoms with E-state index in [2.05, 4.69) is 45.6 Å². The molecule has 0 radical (unpaired) electrons. The summed E-state index contributed by atoms with van der Waals surface area (Å²) in [6.45, 7) is 4.31. The molecule has 3 rings (SSSR count). The minimum Gasteiger partial charge on any atom is -0.357 e. The van der Waals surface area contributed by atoms with E-state index in [1.54, 1.807) is 0 Å². The standard InChI is InChI=1S/C19H24N4S/c1-15(16-8-4-2-5-9-16)21-19(24)22-17-10-11-18(20-14-17)23-12-6-3-7-13-23/h2,4-5,8-11,14-15H,3,6-7,12-13H2,1H3,(H2,21,22,24)/t15-/m0/s1. The van der Waals surface area contributed by atoms with E-state index in [9.17, 15) is 0 Å². The van der Waals surface area contributed by atoms with Crippen molar-refractivity contribution in [3.05, 3.63) is 54.2 Å². The molecule has 1 fully saturated rings. The van der Waals surface area contributed by atoms with Gasteiger partial charge >= 0.3 is 0 Å². The van der Waals surface area contributed by atoms with Crippen LogP contribution in [0.25, 0.3) is 0 Å². The molecule has 4 nitrogen and oxygen atoms in total. The molecule has 2 heterocycles. The lowest BCUT2D eigenvalue weighted by Crippen LogP contribution is -2.31. The first-order chi connectivity index (χ1) is 11.7. The van der Waals surface area contributed by atoms with Crippen molar-refractivity contribution >= 4 is 28.8 Å². The van der Waals surface area contributed by atoms with Gasteiger partial charge in [0.1, 0.15) is 5.82 Å². The third kappa shape index (κ3) is 4.45. The Kier molecular flexibility index (Phi) is 5.64. The summed E-state index contributed by atoms with van der Waals surface area (Å²) in [4.78, 5) is 6.92. The quantitative estimate of drug-likeness (QED) is 0.819. The predicted molar refractivity (Wildman–Crippen MR) is 105 cm³/mol. The van der Waals surface area contributed by atoms with Gasteiger partial charge in [-0.2, -0.15) is 0 Å². The average molecular weight is 340 g/mol. The Morgan fingerprint density at radius 2 is 1.83 bits per heavy atom. The summed E-state index contributed by atoms with van der Waals surface area (Å²) < 4.78 is 0. The van der Waals surface area contributed by atoms with Crippen molar-refractivity contribution in [1.29, 1.82) is 0 Å². The summed E-state index contributed by atoms with van der Waals surface area (Å²) in [6, 6.07) is 14.5. The van der Waals surface area contributed by atoms with Crippen molar-refractivity contribution in [2.24, 2.45) is 0 Å². The van der Waals surface area contributed by atoms with Crippen molar-refractivity contribution in [2.75, 3.05) is 23.3 Å². The van der Waals surface area contributed by atoms with Crippen molar-refractivity contribution in [2.45, 2.75) is 32.2 Å². The highest BCUT2D eigenvalue weighted by molar-refractivity contribution is 7.80. The molecule has 1 aliphatic heterocycles. The van der Waals surface area contributed by atoms with Crippen LogP contribution in [0.15, 0.2) is 48.7 Å². The highest BCUT2D eigenvalue weighted by Gasteiger charge is 2.12. The fourth-order valence-electron chi connectivity index (χ4n) is 2.96. The lowest BCUT2D eigenvalue weighted by molar-refractivity contribution is 0.573. The van der Waals surface area contributed by atoms with E-state index in [0.29, 0.717) is 5.11 Å². The number of nitrogens with one attached hydrogen (secondary N) is 2. The molecule has 0 spiro atoms. The van der Waals surface area contributed by atoms with Crippen molar-refractivity contribution < 1.29 is 0 Å². The molecule has 0 bridgehead atoms. The fourth-order valence-corrected chi connectivity index (χ4v) is 3.25. The summed E-state index contributed by atoms with van der Waals surface area (Å²) in [7, 11) is 0. The first kappa shape index (κ1) is 16.7. The van der Waals surface area contributed by atoms with Crippen molar-refractivity contribution in [3.8, 4) is 0 Å². The van der Waals surface area contributed by atoms with Crippen LogP contribution >= 0.6 is 12.2 Å². The Balaban J connectivity index is 1.54. The maximum absolute atomic E-state index is 5.41. The van der Waals surface area contributed by atoms with E-state index in [1.807, 2.05) is 30.5 Å². The monoisotopic (exact) mass is 340 g/mol. The Bertz CT molecular complexity index is 651. The number of benzene rings is 1.